The number of guanidine groups is 1. The topological polar surface area (TPSA) is 137 Å². The minimum Gasteiger partial charge on any atom is -0.324 e. The summed E-state index contributed by atoms with van der Waals surface area (Å²) >= 11 is 12.4. The molecule has 0 spiro atoms. The lowest BCUT2D eigenvalue weighted by atomic mass is 9.93. The molecule has 1 aromatic heterocycles. The molecule has 12 heteroatoms. The van der Waals surface area contributed by atoms with Crippen LogP contribution in [0.1, 0.15) is 47.2 Å². The molecule has 204 valence electrons. The maximum Gasteiger partial charge on any atom is 0.270 e. The molecule has 0 radical (unpaired) electrons. The molecule has 1 heterocycles. The number of amides is 1. The SMILES string of the molecule is N/N=C(/Nc1cc(Cl)cc(Cl)c1)N(Cc1ccc(C(=O)Nc2nn[nH]n2)cc1)c1ccc(C2=CCCCC2)cc1. The number of aromatic amines is 1. The first-order valence-corrected chi connectivity index (χ1v) is 13.5. The highest BCUT2D eigenvalue weighted by atomic mass is 35.5. The summed E-state index contributed by atoms with van der Waals surface area (Å²) in [6.07, 6.45) is 6.97. The van der Waals surface area contributed by atoms with Crippen molar-refractivity contribution in [3.05, 3.63) is 99.5 Å². The highest BCUT2D eigenvalue weighted by Gasteiger charge is 2.17. The smallest absolute Gasteiger partial charge is 0.270 e. The normalized spacial score (nSPS) is 13.4. The molecule has 40 heavy (non-hydrogen) atoms. The summed E-state index contributed by atoms with van der Waals surface area (Å²) in [6, 6.07) is 20.7. The highest BCUT2D eigenvalue weighted by molar-refractivity contribution is 6.35. The fourth-order valence-electron chi connectivity index (χ4n) is 4.50. The fraction of sp³-hybridized carbons (Fsp3) is 0.179. The molecule has 0 atom stereocenters. The molecule has 0 bridgehead atoms. The van der Waals surface area contributed by atoms with E-state index in [1.165, 1.54) is 24.0 Å². The number of tetrazole rings is 1. The number of allylic oxidation sites excluding steroid dienone is 2. The van der Waals surface area contributed by atoms with Gasteiger partial charge in [0.25, 0.3) is 11.9 Å². The largest absolute Gasteiger partial charge is 0.324 e. The first kappa shape index (κ1) is 27.2. The van der Waals surface area contributed by atoms with E-state index in [0.29, 0.717) is 33.8 Å². The molecule has 1 aliphatic carbocycles. The van der Waals surface area contributed by atoms with E-state index >= 15 is 0 Å². The second-order valence-corrected chi connectivity index (χ2v) is 10.1. The van der Waals surface area contributed by atoms with Gasteiger partial charge < -0.3 is 16.1 Å². The fourth-order valence-corrected chi connectivity index (χ4v) is 5.03. The number of hydrazone groups is 1. The van der Waals surface area contributed by atoms with Gasteiger partial charge >= 0.3 is 0 Å². The van der Waals surface area contributed by atoms with Crippen LogP contribution in [0.25, 0.3) is 5.57 Å². The van der Waals surface area contributed by atoms with E-state index in [-0.39, 0.29) is 11.9 Å². The van der Waals surface area contributed by atoms with Crippen molar-refractivity contribution >= 4 is 58.0 Å². The van der Waals surface area contributed by atoms with Crippen molar-refractivity contribution < 1.29 is 4.79 Å². The van der Waals surface area contributed by atoms with Crippen LogP contribution in [0.4, 0.5) is 17.3 Å². The molecule has 4 aromatic rings. The van der Waals surface area contributed by atoms with Crippen molar-refractivity contribution in [2.24, 2.45) is 10.9 Å². The highest BCUT2D eigenvalue weighted by Crippen LogP contribution is 2.29. The Morgan fingerprint density at radius 1 is 1.00 bits per heavy atom. The van der Waals surface area contributed by atoms with E-state index in [9.17, 15) is 4.79 Å². The van der Waals surface area contributed by atoms with Gasteiger partial charge in [-0.25, -0.2) is 0 Å². The second kappa shape index (κ2) is 12.6. The van der Waals surface area contributed by atoms with E-state index < -0.39 is 0 Å². The van der Waals surface area contributed by atoms with Gasteiger partial charge in [-0.3, -0.25) is 10.1 Å². The molecule has 10 nitrogen and oxygen atoms in total. The van der Waals surface area contributed by atoms with Crippen LogP contribution in [0.3, 0.4) is 0 Å². The first-order chi connectivity index (χ1) is 19.5. The Balaban J connectivity index is 1.41. The number of hydrogen-bond donors (Lipinski definition) is 4. The number of anilines is 3. The number of carbonyl (C=O) groups is 1. The van der Waals surface area contributed by atoms with E-state index in [4.69, 9.17) is 29.0 Å². The Morgan fingerprint density at radius 2 is 1.75 bits per heavy atom. The van der Waals surface area contributed by atoms with Crippen molar-refractivity contribution in [1.82, 2.24) is 20.6 Å². The van der Waals surface area contributed by atoms with Gasteiger partial charge in [0.05, 0.1) is 6.54 Å². The summed E-state index contributed by atoms with van der Waals surface area (Å²) < 4.78 is 0. The number of nitrogens with zero attached hydrogens (tertiary/aromatic N) is 5. The number of aromatic nitrogens is 4. The lowest BCUT2D eigenvalue weighted by molar-refractivity contribution is 0.102. The summed E-state index contributed by atoms with van der Waals surface area (Å²) in [6.45, 7) is 0.409. The van der Waals surface area contributed by atoms with E-state index in [2.05, 4.69) is 66.7 Å². The van der Waals surface area contributed by atoms with Crippen LogP contribution in [-0.2, 0) is 6.54 Å². The monoisotopic (exact) mass is 575 g/mol. The third kappa shape index (κ3) is 6.77. The van der Waals surface area contributed by atoms with E-state index in [1.807, 2.05) is 17.0 Å². The summed E-state index contributed by atoms with van der Waals surface area (Å²) in [5.74, 6) is 6.05. The third-order valence-corrected chi connectivity index (χ3v) is 6.90. The number of halogens is 2. The van der Waals surface area contributed by atoms with Crippen LogP contribution in [0.2, 0.25) is 10.0 Å². The Morgan fingerprint density at radius 3 is 2.38 bits per heavy atom. The molecule has 0 aliphatic heterocycles. The van der Waals surface area contributed by atoms with Crippen molar-refractivity contribution in [3.8, 4) is 0 Å². The van der Waals surface area contributed by atoms with Crippen molar-refractivity contribution in [3.63, 3.8) is 0 Å². The lowest BCUT2D eigenvalue weighted by Crippen LogP contribution is -2.37. The van der Waals surface area contributed by atoms with Crippen LogP contribution < -0.4 is 21.4 Å². The van der Waals surface area contributed by atoms with Crippen LogP contribution in [0, 0.1) is 0 Å². The molecular formula is C28H27Cl2N9O. The zero-order valence-corrected chi connectivity index (χ0v) is 23.0. The van der Waals surface area contributed by atoms with Gasteiger partial charge in [0, 0.05) is 27.0 Å². The Bertz CT molecular complexity index is 1500. The number of H-pyrrole nitrogens is 1. The Labute approximate surface area is 241 Å². The van der Waals surface area contributed by atoms with Crippen molar-refractivity contribution in [2.45, 2.75) is 32.2 Å². The molecule has 0 unspecified atom stereocenters. The van der Waals surface area contributed by atoms with Gasteiger partial charge in [0.2, 0.25) is 5.96 Å². The molecule has 5 rings (SSSR count). The molecular weight excluding hydrogens is 549 g/mol. The van der Waals surface area contributed by atoms with Gasteiger partial charge in [-0.2, -0.15) is 5.21 Å². The predicted molar refractivity (Wildman–Crippen MR) is 159 cm³/mol. The number of rotatable bonds is 7. The number of carbonyl (C=O) groups excluding carboxylic acids is 1. The molecule has 0 saturated heterocycles. The van der Waals surface area contributed by atoms with E-state index in [1.54, 1.807) is 30.3 Å². The van der Waals surface area contributed by atoms with Gasteiger partial charge in [0.1, 0.15) is 0 Å². The quantitative estimate of drug-likeness (QED) is 0.0908. The van der Waals surface area contributed by atoms with Crippen LogP contribution in [-0.4, -0.2) is 32.5 Å². The molecule has 1 aliphatic rings. The average molecular weight is 576 g/mol. The van der Waals surface area contributed by atoms with Gasteiger partial charge in [-0.15, -0.1) is 10.2 Å². The minimum absolute atomic E-state index is 0.101. The van der Waals surface area contributed by atoms with Crippen molar-refractivity contribution in [2.75, 3.05) is 15.5 Å². The summed E-state index contributed by atoms with van der Waals surface area (Å²) in [4.78, 5) is 14.5. The third-order valence-electron chi connectivity index (χ3n) is 6.46. The zero-order chi connectivity index (χ0) is 27.9. The molecule has 0 fully saturated rings. The standard InChI is InChI=1S/C28H27Cl2N9O/c29-22-14-23(30)16-24(15-22)32-28(34-31)39(25-12-10-20(11-13-25)19-4-2-1-3-5-19)17-18-6-8-21(9-7-18)26(40)33-27-35-37-38-36-27/h4,6-16H,1-3,5,17,31H2,(H,32,34)(H2,33,35,36,37,38,40). The predicted octanol–water partition coefficient (Wildman–Crippen LogP) is 6.06. The van der Waals surface area contributed by atoms with Crippen molar-refractivity contribution in [1.29, 1.82) is 0 Å². The summed E-state index contributed by atoms with van der Waals surface area (Å²) in [5, 5.41) is 24.1. The number of nitrogens with one attached hydrogen (secondary N) is 3. The van der Waals surface area contributed by atoms with Crippen LogP contribution in [0.5, 0.6) is 0 Å². The van der Waals surface area contributed by atoms with Crippen LogP contribution >= 0.6 is 23.2 Å². The molecule has 0 saturated carbocycles. The van der Waals surface area contributed by atoms with Gasteiger partial charge in [-0.05, 0) is 90.1 Å². The second-order valence-electron chi connectivity index (χ2n) is 9.23. The minimum atomic E-state index is -0.346. The number of hydrogen-bond acceptors (Lipinski definition) is 6. The van der Waals surface area contributed by atoms with Gasteiger partial charge in [0.15, 0.2) is 0 Å². The molecule has 3 aromatic carbocycles. The summed E-state index contributed by atoms with van der Waals surface area (Å²) in [5.41, 5.74) is 5.47. The van der Waals surface area contributed by atoms with Gasteiger partial charge in [-0.1, -0.05) is 58.6 Å². The first-order valence-electron chi connectivity index (χ1n) is 12.7. The molecule has 1 amide bonds. The maximum atomic E-state index is 12.5. The average Bonchev–Trinajstić information content (AvgIpc) is 3.48. The Kier molecular flexibility index (Phi) is 8.58. The summed E-state index contributed by atoms with van der Waals surface area (Å²) in [7, 11) is 0. The van der Waals surface area contributed by atoms with E-state index in [0.717, 1.165) is 24.1 Å². The van der Waals surface area contributed by atoms with Crippen LogP contribution in [0.15, 0.2) is 77.9 Å². The number of nitrogens with two attached hydrogens (primary N) is 1. The lowest BCUT2D eigenvalue weighted by Gasteiger charge is -2.27. The Hall–Kier alpha value is -4.41. The zero-order valence-electron chi connectivity index (χ0n) is 21.4. The maximum absolute atomic E-state index is 12.5. The number of benzene rings is 3. The molecule has 5 N–H and O–H groups in total.